The minimum atomic E-state index is -0.680. The molecule has 6 heteroatoms. The molecule has 0 radical (unpaired) electrons. The van der Waals surface area contributed by atoms with E-state index in [1.165, 1.54) is 5.56 Å². The van der Waals surface area contributed by atoms with Gasteiger partial charge in [-0.05, 0) is 12.0 Å². The van der Waals surface area contributed by atoms with Gasteiger partial charge in [-0.15, -0.1) is 0 Å². The standard InChI is InChI=1S/C19H23N3O3/c23-18(24)19-6-7-25-12-16(19)10-21(13-19)11-17-8-20-14-22(17)9-15-4-2-1-3-5-15/h1-5,8,14,16H,6-7,9-13H2,(H,23,24)/t16-,19+/m1/s1. The van der Waals surface area contributed by atoms with Crippen LogP contribution in [0.4, 0.5) is 0 Å². The van der Waals surface area contributed by atoms with E-state index in [9.17, 15) is 9.90 Å². The molecule has 25 heavy (non-hydrogen) atoms. The number of fused-ring (bicyclic) bond motifs is 1. The van der Waals surface area contributed by atoms with Crippen molar-refractivity contribution in [2.75, 3.05) is 26.3 Å². The minimum absolute atomic E-state index is 0.0734. The highest BCUT2D eigenvalue weighted by Gasteiger charge is 2.53. The number of hydrogen-bond donors (Lipinski definition) is 1. The number of aromatic nitrogens is 2. The van der Waals surface area contributed by atoms with Gasteiger partial charge in [-0.25, -0.2) is 4.98 Å². The molecule has 0 spiro atoms. The highest BCUT2D eigenvalue weighted by molar-refractivity contribution is 5.76. The van der Waals surface area contributed by atoms with E-state index in [4.69, 9.17) is 4.74 Å². The molecular weight excluding hydrogens is 318 g/mol. The van der Waals surface area contributed by atoms with Crippen LogP contribution < -0.4 is 0 Å². The first-order chi connectivity index (χ1) is 12.2. The molecule has 2 aliphatic heterocycles. The average Bonchev–Trinajstić information content (AvgIpc) is 3.21. The third kappa shape index (κ3) is 3.07. The molecule has 2 aliphatic rings. The molecule has 0 saturated carbocycles. The van der Waals surface area contributed by atoms with Gasteiger partial charge in [0.1, 0.15) is 0 Å². The molecule has 4 rings (SSSR count). The van der Waals surface area contributed by atoms with Crippen LogP contribution in [-0.2, 0) is 22.6 Å². The summed E-state index contributed by atoms with van der Waals surface area (Å²) in [6.45, 7) is 3.95. The van der Waals surface area contributed by atoms with Crippen LogP contribution in [0.2, 0.25) is 0 Å². The van der Waals surface area contributed by atoms with Gasteiger partial charge in [-0.2, -0.15) is 0 Å². The molecule has 1 aromatic heterocycles. The summed E-state index contributed by atoms with van der Waals surface area (Å²) < 4.78 is 7.68. The van der Waals surface area contributed by atoms with Crippen LogP contribution in [0.5, 0.6) is 0 Å². The lowest BCUT2D eigenvalue weighted by Crippen LogP contribution is -2.44. The second-order valence-corrected chi connectivity index (χ2v) is 7.15. The maximum atomic E-state index is 11.9. The van der Waals surface area contributed by atoms with E-state index in [1.54, 1.807) is 0 Å². The smallest absolute Gasteiger partial charge is 0.311 e. The summed E-state index contributed by atoms with van der Waals surface area (Å²) in [7, 11) is 0. The number of nitrogens with zero attached hydrogens (tertiary/aromatic N) is 3. The maximum Gasteiger partial charge on any atom is 0.311 e. The second-order valence-electron chi connectivity index (χ2n) is 7.15. The van der Waals surface area contributed by atoms with Crippen molar-refractivity contribution in [2.45, 2.75) is 19.5 Å². The van der Waals surface area contributed by atoms with E-state index in [-0.39, 0.29) is 5.92 Å². The van der Waals surface area contributed by atoms with Crippen molar-refractivity contribution in [1.82, 2.24) is 14.5 Å². The second kappa shape index (κ2) is 6.61. The zero-order valence-corrected chi connectivity index (χ0v) is 14.2. The third-order valence-corrected chi connectivity index (χ3v) is 5.58. The Morgan fingerprint density at radius 2 is 2.16 bits per heavy atom. The lowest BCUT2D eigenvalue weighted by molar-refractivity contribution is -0.157. The van der Waals surface area contributed by atoms with Crippen LogP contribution >= 0.6 is 0 Å². The van der Waals surface area contributed by atoms with E-state index in [1.807, 2.05) is 30.7 Å². The molecular formula is C19H23N3O3. The number of carboxylic acids is 1. The molecule has 2 fully saturated rings. The first-order valence-corrected chi connectivity index (χ1v) is 8.74. The van der Waals surface area contributed by atoms with Gasteiger partial charge >= 0.3 is 5.97 Å². The van der Waals surface area contributed by atoms with Crippen LogP contribution in [0.15, 0.2) is 42.9 Å². The first-order valence-electron chi connectivity index (χ1n) is 8.74. The topological polar surface area (TPSA) is 67.6 Å². The van der Waals surface area contributed by atoms with E-state index in [0.717, 1.165) is 25.3 Å². The van der Waals surface area contributed by atoms with Crippen molar-refractivity contribution in [2.24, 2.45) is 11.3 Å². The molecule has 0 unspecified atom stereocenters. The van der Waals surface area contributed by atoms with Crippen LogP contribution in [-0.4, -0.2) is 51.8 Å². The molecule has 1 N–H and O–H groups in total. The Bertz CT molecular complexity index is 745. The van der Waals surface area contributed by atoms with E-state index in [2.05, 4.69) is 26.6 Å². The molecule has 0 aliphatic carbocycles. The molecule has 2 aromatic rings. The molecule has 3 heterocycles. The van der Waals surface area contributed by atoms with Gasteiger partial charge in [0.25, 0.3) is 0 Å². The van der Waals surface area contributed by atoms with Crippen molar-refractivity contribution in [1.29, 1.82) is 0 Å². The number of benzene rings is 1. The summed E-state index contributed by atoms with van der Waals surface area (Å²) in [5.41, 5.74) is 1.69. The number of imidazole rings is 1. The highest BCUT2D eigenvalue weighted by Crippen LogP contribution is 2.42. The van der Waals surface area contributed by atoms with Gasteiger partial charge in [0.2, 0.25) is 0 Å². The third-order valence-electron chi connectivity index (χ3n) is 5.58. The fourth-order valence-corrected chi connectivity index (χ4v) is 4.16. The number of carboxylic acid groups (broad SMARTS) is 1. The van der Waals surface area contributed by atoms with E-state index < -0.39 is 11.4 Å². The van der Waals surface area contributed by atoms with E-state index >= 15 is 0 Å². The number of rotatable bonds is 5. The number of hydrogen-bond acceptors (Lipinski definition) is 4. The predicted molar refractivity (Wildman–Crippen MR) is 92.0 cm³/mol. The minimum Gasteiger partial charge on any atom is -0.481 e. The van der Waals surface area contributed by atoms with Gasteiger partial charge in [-0.3, -0.25) is 9.69 Å². The first kappa shape index (κ1) is 16.3. The number of ether oxygens (including phenoxy) is 1. The number of carbonyl (C=O) groups is 1. The maximum absolute atomic E-state index is 11.9. The lowest BCUT2D eigenvalue weighted by Gasteiger charge is -2.34. The summed E-state index contributed by atoms with van der Waals surface area (Å²) in [6, 6.07) is 10.3. The predicted octanol–water partition coefficient (Wildman–Crippen LogP) is 1.85. The van der Waals surface area contributed by atoms with Gasteiger partial charge in [0.15, 0.2) is 0 Å². The monoisotopic (exact) mass is 341 g/mol. The quantitative estimate of drug-likeness (QED) is 0.899. The zero-order valence-electron chi connectivity index (χ0n) is 14.2. The van der Waals surface area contributed by atoms with Gasteiger partial charge < -0.3 is 14.4 Å². The van der Waals surface area contributed by atoms with Crippen molar-refractivity contribution < 1.29 is 14.6 Å². The van der Waals surface area contributed by atoms with Crippen molar-refractivity contribution in [3.63, 3.8) is 0 Å². The van der Waals surface area contributed by atoms with Gasteiger partial charge in [-0.1, -0.05) is 30.3 Å². The SMILES string of the molecule is O=C(O)[C@]12CCOC[C@H]1CN(Cc1cncn1Cc1ccccc1)C2. The highest BCUT2D eigenvalue weighted by atomic mass is 16.5. The van der Waals surface area contributed by atoms with Crippen LogP contribution in [0.3, 0.4) is 0 Å². The normalized spacial score (nSPS) is 26.5. The number of likely N-dealkylation sites (tertiary alicyclic amines) is 1. The lowest BCUT2D eigenvalue weighted by atomic mass is 9.74. The van der Waals surface area contributed by atoms with Gasteiger partial charge in [0.05, 0.1) is 24.0 Å². The summed E-state index contributed by atoms with van der Waals surface area (Å²) in [6.07, 6.45) is 4.34. The van der Waals surface area contributed by atoms with Crippen LogP contribution in [0.25, 0.3) is 0 Å². The van der Waals surface area contributed by atoms with Gasteiger partial charge in [0, 0.05) is 44.9 Å². The largest absolute Gasteiger partial charge is 0.481 e. The molecule has 0 amide bonds. The molecule has 6 nitrogen and oxygen atoms in total. The van der Waals surface area contributed by atoms with E-state index in [0.29, 0.717) is 26.2 Å². The Hall–Kier alpha value is -2.18. The van der Waals surface area contributed by atoms with Crippen LogP contribution in [0, 0.1) is 11.3 Å². The van der Waals surface area contributed by atoms with Crippen molar-refractivity contribution in [3.05, 3.63) is 54.1 Å². The van der Waals surface area contributed by atoms with Crippen molar-refractivity contribution >= 4 is 5.97 Å². The summed E-state index contributed by atoms with van der Waals surface area (Å²) in [4.78, 5) is 18.5. The molecule has 0 bridgehead atoms. The zero-order chi connectivity index (χ0) is 17.3. The average molecular weight is 341 g/mol. The summed E-state index contributed by atoms with van der Waals surface area (Å²) in [5, 5.41) is 9.79. The Balaban J connectivity index is 1.49. The fraction of sp³-hybridized carbons (Fsp3) is 0.474. The Morgan fingerprint density at radius 1 is 1.32 bits per heavy atom. The molecule has 132 valence electrons. The van der Waals surface area contributed by atoms with Crippen molar-refractivity contribution in [3.8, 4) is 0 Å². The molecule has 2 atom stereocenters. The molecule has 2 saturated heterocycles. The Morgan fingerprint density at radius 3 is 2.92 bits per heavy atom. The summed E-state index contributed by atoms with van der Waals surface area (Å²) in [5.74, 6) is -0.606. The Labute approximate surface area is 147 Å². The summed E-state index contributed by atoms with van der Waals surface area (Å²) >= 11 is 0. The number of aliphatic carboxylic acids is 1. The Kier molecular flexibility index (Phi) is 4.31. The van der Waals surface area contributed by atoms with Crippen LogP contribution in [0.1, 0.15) is 17.7 Å². The molecule has 1 aromatic carbocycles. The fourth-order valence-electron chi connectivity index (χ4n) is 4.16.